The van der Waals surface area contributed by atoms with Gasteiger partial charge in [0, 0.05) is 17.1 Å². The molecule has 116 valence electrons. The van der Waals surface area contributed by atoms with Crippen molar-refractivity contribution in [1.29, 1.82) is 0 Å². The predicted octanol–water partition coefficient (Wildman–Crippen LogP) is 3.45. The number of benzene rings is 1. The standard InChI is InChI=1S/C13H16Br2N2O4/c1-13(2,11(18)19)6-16-12(20)17-9-5-10(21-3)8(15)4-7(9)14/h4-5H,6H2,1-3H3,(H,18,19)(H2,16,17,20). The van der Waals surface area contributed by atoms with Gasteiger partial charge in [0.05, 0.1) is 22.7 Å². The number of rotatable bonds is 5. The second-order valence-electron chi connectivity index (χ2n) is 4.96. The summed E-state index contributed by atoms with van der Waals surface area (Å²) in [4.78, 5) is 22.8. The van der Waals surface area contributed by atoms with Gasteiger partial charge < -0.3 is 20.5 Å². The third-order valence-corrected chi connectivity index (χ3v) is 4.04. The molecule has 0 atom stereocenters. The molecule has 1 aromatic carbocycles. The van der Waals surface area contributed by atoms with Gasteiger partial charge in [-0.1, -0.05) is 0 Å². The van der Waals surface area contributed by atoms with E-state index in [1.165, 1.54) is 21.0 Å². The average Bonchev–Trinajstić information content (AvgIpc) is 2.39. The summed E-state index contributed by atoms with van der Waals surface area (Å²) in [6, 6.07) is 2.90. The molecule has 0 unspecified atom stereocenters. The normalized spacial score (nSPS) is 10.9. The van der Waals surface area contributed by atoms with Gasteiger partial charge >= 0.3 is 12.0 Å². The maximum atomic E-state index is 11.8. The molecule has 6 nitrogen and oxygen atoms in total. The maximum absolute atomic E-state index is 11.8. The van der Waals surface area contributed by atoms with Crippen LogP contribution in [0.3, 0.4) is 0 Å². The molecule has 8 heteroatoms. The number of hydrogen-bond acceptors (Lipinski definition) is 3. The van der Waals surface area contributed by atoms with E-state index in [1.807, 2.05) is 0 Å². The SMILES string of the molecule is COc1cc(NC(=O)NCC(C)(C)C(=O)O)c(Br)cc1Br. The first-order chi connectivity index (χ1) is 9.67. The van der Waals surface area contributed by atoms with Crippen molar-refractivity contribution in [1.82, 2.24) is 5.32 Å². The smallest absolute Gasteiger partial charge is 0.319 e. The first-order valence-corrected chi connectivity index (χ1v) is 7.57. The molecule has 0 spiro atoms. The highest BCUT2D eigenvalue weighted by Gasteiger charge is 2.27. The Morgan fingerprint density at radius 2 is 1.90 bits per heavy atom. The highest BCUT2D eigenvalue weighted by Crippen LogP contribution is 2.34. The van der Waals surface area contributed by atoms with Crippen molar-refractivity contribution in [3.63, 3.8) is 0 Å². The molecule has 0 aliphatic carbocycles. The first kappa shape index (κ1) is 17.8. The largest absolute Gasteiger partial charge is 0.495 e. The van der Waals surface area contributed by atoms with Gasteiger partial charge in [0.15, 0.2) is 0 Å². The summed E-state index contributed by atoms with van der Waals surface area (Å²) in [7, 11) is 1.52. The molecule has 21 heavy (non-hydrogen) atoms. The third kappa shape index (κ3) is 4.89. The van der Waals surface area contributed by atoms with Crippen LogP contribution in [0.25, 0.3) is 0 Å². The number of ether oxygens (including phenoxy) is 1. The van der Waals surface area contributed by atoms with E-state index in [0.717, 1.165) is 4.47 Å². The molecular formula is C13H16Br2N2O4. The molecule has 0 heterocycles. The molecule has 0 aliphatic rings. The van der Waals surface area contributed by atoms with E-state index in [2.05, 4.69) is 42.5 Å². The molecular weight excluding hydrogens is 408 g/mol. The minimum atomic E-state index is -1.04. The Kier molecular flexibility index (Phi) is 6.03. The van der Waals surface area contributed by atoms with Crippen molar-refractivity contribution in [3.8, 4) is 5.75 Å². The van der Waals surface area contributed by atoms with Crippen LogP contribution in [-0.4, -0.2) is 30.8 Å². The van der Waals surface area contributed by atoms with Crippen LogP contribution in [0.2, 0.25) is 0 Å². The van der Waals surface area contributed by atoms with Gasteiger partial charge in [0.1, 0.15) is 5.75 Å². The zero-order valence-electron chi connectivity index (χ0n) is 11.8. The summed E-state index contributed by atoms with van der Waals surface area (Å²) < 4.78 is 6.57. The number of carboxylic acids is 1. The maximum Gasteiger partial charge on any atom is 0.319 e. The first-order valence-electron chi connectivity index (χ1n) is 5.98. The number of urea groups is 1. The summed E-state index contributed by atoms with van der Waals surface area (Å²) in [5, 5.41) is 14.1. The number of amides is 2. The summed E-state index contributed by atoms with van der Waals surface area (Å²) in [6.07, 6.45) is 0. The molecule has 0 saturated carbocycles. The van der Waals surface area contributed by atoms with Crippen molar-refractivity contribution in [2.45, 2.75) is 13.8 Å². The van der Waals surface area contributed by atoms with E-state index in [1.54, 1.807) is 12.1 Å². The number of methoxy groups -OCH3 is 1. The summed E-state index contributed by atoms with van der Waals surface area (Å²) in [5.41, 5.74) is -0.521. The van der Waals surface area contributed by atoms with Crippen LogP contribution in [0.15, 0.2) is 21.1 Å². The Morgan fingerprint density at radius 3 is 2.43 bits per heavy atom. The van der Waals surface area contributed by atoms with Crippen LogP contribution in [0, 0.1) is 5.41 Å². The van der Waals surface area contributed by atoms with Crippen LogP contribution in [0.5, 0.6) is 5.75 Å². The van der Waals surface area contributed by atoms with E-state index >= 15 is 0 Å². The fourth-order valence-corrected chi connectivity index (χ4v) is 2.58. The van der Waals surface area contributed by atoms with Gasteiger partial charge in [-0.25, -0.2) is 4.79 Å². The Balaban J connectivity index is 2.74. The van der Waals surface area contributed by atoms with E-state index in [0.29, 0.717) is 15.9 Å². The van der Waals surface area contributed by atoms with Gasteiger partial charge in [-0.05, 0) is 51.8 Å². The topological polar surface area (TPSA) is 87.7 Å². The van der Waals surface area contributed by atoms with Crippen LogP contribution >= 0.6 is 31.9 Å². The van der Waals surface area contributed by atoms with Gasteiger partial charge in [-0.2, -0.15) is 0 Å². The molecule has 3 N–H and O–H groups in total. The highest BCUT2D eigenvalue weighted by molar-refractivity contribution is 9.11. The number of carboxylic acid groups (broad SMARTS) is 1. The zero-order chi connectivity index (χ0) is 16.2. The Bertz CT molecular complexity index is 561. The minimum absolute atomic E-state index is 0.0133. The van der Waals surface area contributed by atoms with Crippen molar-refractivity contribution < 1.29 is 19.4 Å². The number of hydrogen-bond donors (Lipinski definition) is 3. The van der Waals surface area contributed by atoms with E-state index in [-0.39, 0.29) is 6.54 Å². The quantitative estimate of drug-likeness (QED) is 0.676. The van der Waals surface area contributed by atoms with Crippen LogP contribution in [-0.2, 0) is 4.79 Å². The van der Waals surface area contributed by atoms with Gasteiger partial charge in [0.25, 0.3) is 0 Å². The lowest BCUT2D eigenvalue weighted by atomic mass is 9.94. The second kappa shape index (κ2) is 7.13. The zero-order valence-corrected chi connectivity index (χ0v) is 15.0. The average molecular weight is 424 g/mol. The van der Waals surface area contributed by atoms with Crippen molar-refractivity contribution in [2.24, 2.45) is 5.41 Å². The molecule has 0 aliphatic heterocycles. The van der Waals surface area contributed by atoms with Crippen LogP contribution < -0.4 is 15.4 Å². The number of nitrogens with one attached hydrogen (secondary N) is 2. The van der Waals surface area contributed by atoms with Gasteiger partial charge in [-0.15, -0.1) is 0 Å². The summed E-state index contributed by atoms with van der Waals surface area (Å²) in [5.74, 6) is -0.409. The minimum Gasteiger partial charge on any atom is -0.495 e. The summed E-state index contributed by atoms with van der Waals surface area (Å²) >= 11 is 6.66. The molecule has 1 aromatic rings. The molecule has 0 bridgehead atoms. The Hall–Kier alpha value is -1.28. The summed E-state index contributed by atoms with van der Waals surface area (Å²) in [6.45, 7) is 3.09. The molecule has 2 amide bonds. The number of aliphatic carboxylic acids is 1. The Morgan fingerprint density at radius 1 is 1.29 bits per heavy atom. The van der Waals surface area contributed by atoms with E-state index < -0.39 is 17.4 Å². The lowest BCUT2D eigenvalue weighted by Gasteiger charge is -2.20. The van der Waals surface area contributed by atoms with Crippen molar-refractivity contribution >= 4 is 49.5 Å². The van der Waals surface area contributed by atoms with E-state index in [4.69, 9.17) is 9.84 Å². The van der Waals surface area contributed by atoms with Crippen molar-refractivity contribution in [2.75, 3.05) is 19.0 Å². The fraction of sp³-hybridized carbons (Fsp3) is 0.385. The van der Waals surface area contributed by atoms with Gasteiger partial charge in [0.2, 0.25) is 0 Å². The molecule has 0 aromatic heterocycles. The molecule has 1 rings (SSSR count). The highest BCUT2D eigenvalue weighted by atomic mass is 79.9. The number of halogens is 2. The number of anilines is 1. The monoisotopic (exact) mass is 422 g/mol. The third-order valence-electron chi connectivity index (χ3n) is 2.76. The number of carbonyl (C=O) groups excluding carboxylic acids is 1. The lowest BCUT2D eigenvalue weighted by molar-refractivity contribution is -0.146. The van der Waals surface area contributed by atoms with Gasteiger partial charge in [-0.3, -0.25) is 4.79 Å². The van der Waals surface area contributed by atoms with E-state index in [9.17, 15) is 9.59 Å². The second-order valence-corrected chi connectivity index (χ2v) is 6.67. The predicted molar refractivity (Wildman–Crippen MR) is 86.8 cm³/mol. The van der Waals surface area contributed by atoms with Crippen LogP contribution in [0.4, 0.5) is 10.5 Å². The molecule has 0 fully saturated rings. The number of carbonyl (C=O) groups is 2. The molecule has 0 radical (unpaired) electrons. The Labute approximate surface area is 139 Å². The lowest BCUT2D eigenvalue weighted by Crippen LogP contribution is -2.40. The van der Waals surface area contributed by atoms with Crippen molar-refractivity contribution in [3.05, 3.63) is 21.1 Å². The molecule has 0 saturated heterocycles. The fourth-order valence-electron chi connectivity index (χ4n) is 1.32. The van der Waals surface area contributed by atoms with Crippen LogP contribution in [0.1, 0.15) is 13.8 Å².